The maximum Gasteiger partial charge on any atom is 0.334 e. The van der Waals surface area contributed by atoms with Crippen molar-refractivity contribution in [2.24, 2.45) is 0 Å². The number of nitrogens with zero attached hydrogens (tertiary/aromatic N) is 2. The second-order valence-corrected chi connectivity index (χ2v) is 10.7. The van der Waals surface area contributed by atoms with E-state index in [-0.39, 0.29) is 5.97 Å². The Balaban J connectivity index is 1.47. The number of benzene rings is 2. The first-order valence-corrected chi connectivity index (χ1v) is 13.0. The molecule has 1 atom stereocenters. The molecule has 3 N–H and O–H groups in total. The summed E-state index contributed by atoms with van der Waals surface area (Å²) in [5, 5.41) is 7.08. The summed E-state index contributed by atoms with van der Waals surface area (Å²) < 4.78 is 11.2. The molecule has 0 bridgehead atoms. The number of amides is 2. The molecular weight excluding hydrogens is 518 g/mol. The molecule has 1 aliphatic heterocycles. The van der Waals surface area contributed by atoms with Crippen LogP contribution in [0.15, 0.2) is 60.9 Å². The standard InChI is InChI=1S/C29H30ClN5O4/c1-29(2,3)39-27(36)25(18-10-13-31-26-19(18)11-14-32-26)35-15-12-20-21(6-5-7-23(20)35)33-28(37)34-22-16-17(30)8-9-24(22)38-4/h5-11,13-14,16,25H,12,15H2,1-4H3,(H,31,32)(H2,33,34,37). The fourth-order valence-electron chi connectivity index (χ4n) is 4.90. The molecule has 0 saturated carbocycles. The number of carbonyl (C=O) groups excluding carboxylic acids is 2. The van der Waals surface area contributed by atoms with Crippen molar-refractivity contribution in [2.75, 3.05) is 29.2 Å². The molecular formula is C29H30ClN5O4. The van der Waals surface area contributed by atoms with Crippen LogP contribution in [0.25, 0.3) is 11.0 Å². The first-order chi connectivity index (χ1) is 18.6. The van der Waals surface area contributed by atoms with Crippen molar-refractivity contribution >= 4 is 51.7 Å². The number of urea groups is 1. The van der Waals surface area contributed by atoms with Crippen LogP contribution in [-0.2, 0) is 16.0 Å². The van der Waals surface area contributed by atoms with Gasteiger partial charge < -0.3 is 30.0 Å². The second-order valence-electron chi connectivity index (χ2n) is 10.2. The first kappa shape index (κ1) is 26.4. The van der Waals surface area contributed by atoms with Crippen molar-refractivity contribution in [1.82, 2.24) is 9.97 Å². The molecule has 0 radical (unpaired) electrons. The van der Waals surface area contributed by atoms with Gasteiger partial charge in [-0.15, -0.1) is 0 Å². The summed E-state index contributed by atoms with van der Waals surface area (Å²) in [5.41, 5.74) is 3.72. The Morgan fingerprint density at radius 3 is 2.67 bits per heavy atom. The van der Waals surface area contributed by atoms with Crippen molar-refractivity contribution in [2.45, 2.75) is 38.8 Å². The summed E-state index contributed by atoms with van der Waals surface area (Å²) in [6.07, 6.45) is 4.13. The number of aromatic nitrogens is 2. The third-order valence-corrected chi connectivity index (χ3v) is 6.69. The van der Waals surface area contributed by atoms with Gasteiger partial charge in [0.15, 0.2) is 6.04 Å². The molecule has 3 heterocycles. The van der Waals surface area contributed by atoms with Crippen molar-refractivity contribution < 1.29 is 19.1 Å². The van der Waals surface area contributed by atoms with Gasteiger partial charge in [-0.3, -0.25) is 0 Å². The highest BCUT2D eigenvalue weighted by Gasteiger charge is 2.37. The Kier molecular flexibility index (Phi) is 7.10. The van der Waals surface area contributed by atoms with Gasteiger partial charge in [-0.25, -0.2) is 14.6 Å². The van der Waals surface area contributed by atoms with E-state index < -0.39 is 17.7 Å². The van der Waals surface area contributed by atoms with Gasteiger partial charge in [-0.1, -0.05) is 17.7 Å². The molecule has 0 saturated heterocycles. The number of aromatic amines is 1. The molecule has 9 nitrogen and oxygen atoms in total. The summed E-state index contributed by atoms with van der Waals surface area (Å²) in [7, 11) is 1.52. The molecule has 2 aromatic carbocycles. The molecule has 4 aromatic rings. The molecule has 2 aromatic heterocycles. The Hall–Kier alpha value is -4.24. The highest BCUT2D eigenvalue weighted by molar-refractivity contribution is 6.31. The molecule has 1 unspecified atom stereocenters. The van der Waals surface area contributed by atoms with Crippen LogP contribution in [0.4, 0.5) is 21.9 Å². The number of ether oxygens (including phenoxy) is 2. The van der Waals surface area contributed by atoms with Crippen LogP contribution in [-0.4, -0.2) is 41.2 Å². The lowest BCUT2D eigenvalue weighted by Gasteiger charge is -2.32. The molecule has 0 aliphatic carbocycles. The summed E-state index contributed by atoms with van der Waals surface area (Å²) in [5.74, 6) is 0.140. The number of halogens is 1. The van der Waals surface area contributed by atoms with Crippen molar-refractivity contribution in [3.8, 4) is 5.75 Å². The number of nitrogens with one attached hydrogen (secondary N) is 3. The van der Waals surface area contributed by atoms with Crippen LogP contribution in [0.5, 0.6) is 5.75 Å². The van der Waals surface area contributed by atoms with E-state index in [1.165, 1.54) is 7.11 Å². The van der Waals surface area contributed by atoms with E-state index in [4.69, 9.17) is 21.1 Å². The Morgan fingerprint density at radius 2 is 1.90 bits per heavy atom. The Bertz CT molecular complexity index is 1540. The zero-order valence-electron chi connectivity index (χ0n) is 22.2. The second kappa shape index (κ2) is 10.5. The van der Waals surface area contributed by atoms with E-state index >= 15 is 0 Å². The number of fused-ring (bicyclic) bond motifs is 2. The Labute approximate surface area is 231 Å². The predicted octanol–water partition coefficient (Wildman–Crippen LogP) is 6.31. The van der Waals surface area contributed by atoms with Gasteiger partial charge in [-0.2, -0.15) is 0 Å². The third-order valence-electron chi connectivity index (χ3n) is 6.45. The van der Waals surface area contributed by atoms with Crippen LogP contribution < -0.4 is 20.3 Å². The fourth-order valence-corrected chi connectivity index (χ4v) is 5.07. The number of anilines is 3. The summed E-state index contributed by atoms with van der Waals surface area (Å²) >= 11 is 6.11. The van der Waals surface area contributed by atoms with E-state index in [9.17, 15) is 9.59 Å². The number of H-pyrrole nitrogens is 1. The molecule has 1 aliphatic rings. The lowest BCUT2D eigenvalue weighted by molar-refractivity contribution is -0.156. The van der Waals surface area contributed by atoms with Crippen LogP contribution in [0.2, 0.25) is 5.02 Å². The number of hydrogen-bond acceptors (Lipinski definition) is 6. The number of methoxy groups -OCH3 is 1. The van der Waals surface area contributed by atoms with Crippen molar-refractivity contribution in [3.63, 3.8) is 0 Å². The number of pyridine rings is 1. The van der Waals surface area contributed by atoms with Crippen molar-refractivity contribution in [3.05, 3.63) is 77.1 Å². The Morgan fingerprint density at radius 1 is 1.10 bits per heavy atom. The molecule has 5 rings (SSSR count). The first-order valence-electron chi connectivity index (χ1n) is 12.6. The lowest BCUT2D eigenvalue weighted by atomic mass is 10.0. The summed E-state index contributed by atoms with van der Waals surface area (Å²) in [4.78, 5) is 36.2. The lowest BCUT2D eigenvalue weighted by Crippen LogP contribution is -2.37. The minimum atomic E-state index is -0.702. The van der Waals surface area contributed by atoms with E-state index in [0.717, 1.165) is 22.2 Å². The van der Waals surface area contributed by atoms with Gasteiger partial charge in [0.05, 0.1) is 12.8 Å². The van der Waals surface area contributed by atoms with E-state index in [1.54, 1.807) is 30.6 Å². The highest BCUT2D eigenvalue weighted by atomic mass is 35.5. The van der Waals surface area contributed by atoms with Crippen LogP contribution in [0.3, 0.4) is 0 Å². The topological polar surface area (TPSA) is 109 Å². The maximum atomic E-state index is 13.7. The van der Waals surface area contributed by atoms with E-state index in [2.05, 4.69) is 20.6 Å². The van der Waals surface area contributed by atoms with Gasteiger partial charge in [0.2, 0.25) is 0 Å². The monoisotopic (exact) mass is 547 g/mol. The van der Waals surface area contributed by atoms with Crippen LogP contribution in [0.1, 0.15) is 37.9 Å². The van der Waals surface area contributed by atoms with Crippen molar-refractivity contribution in [1.29, 1.82) is 0 Å². The molecule has 202 valence electrons. The number of esters is 1. The summed E-state index contributed by atoms with van der Waals surface area (Å²) in [6.45, 7) is 6.13. The van der Waals surface area contributed by atoms with Crippen LogP contribution in [0, 0.1) is 0 Å². The maximum absolute atomic E-state index is 13.7. The van der Waals surface area contributed by atoms with Gasteiger partial charge in [0.1, 0.15) is 17.0 Å². The highest BCUT2D eigenvalue weighted by Crippen LogP contribution is 2.41. The zero-order valence-corrected chi connectivity index (χ0v) is 22.9. The minimum absolute atomic E-state index is 0.354. The number of carbonyl (C=O) groups is 2. The van der Waals surface area contributed by atoms with E-state index in [1.807, 2.05) is 56.0 Å². The largest absolute Gasteiger partial charge is 0.495 e. The third kappa shape index (κ3) is 5.49. The smallest absolute Gasteiger partial charge is 0.334 e. The fraction of sp³-hybridized carbons (Fsp3) is 0.276. The normalized spacial score (nSPS) is 13.6. The minimum Gasteiger partial charge on any atom is -0.495 e. The average Bonchev–Trinajstić information content (AvgIpc) is 3.52. The van der Waals surface area contributed by atoms with Crippen LogP contribution >= 0.6 is 11.6 Å². The quantitative estimate of drug-likeness (QED) is 0.244. The number of hydrogen-bond donors (Lipinski definition) is 3. The SMILES string of the molecule is COc1ccc(Cl)cc1NC(=O)Nc1cccc2c1CCN2C(C(=O)OC(C)(C)C)c1ccnc2[nH]ccc12. The zero-order chi connectivity index (χ0) is 27.7. The number of rotatable bonds is 6. The average molecular weight is 548 g/mol. The molecule has 0 spiro atoms. The molecule has 0 fully saturated rings. The molecule has 10 heteroatoms. The predicted molar refractivity (Wildman–Crippen MR) is 153 cm³/mol. The summed E-state index contributed by atoms with van der Waals surface area (Å²) in [6, 6.07) is 13.3. The molecule has 39 heavy (non-hydrogen) atoms. The van der Waals surface area contributed by atoms with E-state index in [0.29, 0.717) is 40.8 Å². The van der Waals surface area contributed by atoms with Gasteiger partial charge in [-0.05, 0) is 75.2 Å². The van der Waals surface area contributed by atoms with Gasteiger partial charge in [0, 0.05) is 46.3 Å². The molecule has 2 amide bonds. The van der Waals surface area contributed by atoms with Gasteiger partial charge >= 0.3 is 12.0 Å². The van der Waals surface area contributed by atoms with Gasteiger partial charge in [0.25, 0.3) is 0 Å².